The normalized spacial score (nSPS) is 34.0. The van der Waals surface area contributed by atoms with E-state index < -0.39 is 0 Å². The van der Waals surface area contributed by atoms with Crippen molar-refractivity contribution in [3.8, 4) is 0 Å². The van der Waals surface area contributed by atoms with Crippen molar-refractivity contribution in [3.05, 3.63) is 23.1 Å². The minimum atomic E-state index is -0.319. The van der Waals surface area contributed by atoms with Gasteiger partial charge in [-0.1, -0.05) is 11.6 Å². The predicted octanol–water partition coefficient (Wildman–Crippen LogP) is 3.47. The quantitative estimate of drug-likeness (QED) is 0.868. The summed E-state index contributed by atoms with van der Waals surface area (Å²) in [4.78, 5) is 8.99. The molecule has 0 unspecified atom stereocenters. The van der Waals surface area contributed by atoms with Crippen molar-refractivity contribution in [1.29, 1.82) is 0 Å². The van der Waals surface area contributed by atoms with Crippen molar-refractivity contribution in [2.75, 3.05) is 31.1 Å². The fourth-order valence-electron chi connectivity index (χ4n) is 5.07. The summed E-state index contributed by atoms with van der Waals surface area (Å²) in [5.74, 6) is 0.128. The Balaban J connectivity index is 1.44. The number of nitrogens with zero attached hydrogens (tertiary/aromatic N) is 3. The molecule has 4 rings (SSSR count). The Bertz CT molecular complexity index is 623. The summed E-state index contributed by atoms with van der Waals surface area (Å²) in [5.41, 5.74) is 0.252. The van der Waals surface area contributed by atoms with Gasteiger partial charge in [-0.2, -0.15) is 0 Å². The number of piperidine rings is 1. The van der Waals surface area contributed by atoms with Gasteiger partial charge in [0.1, 0.15) is 0 Å². The maximum Gasteiger partial charge on any atom is 0.167 e. The molecule has 2 saturated heterocycles. The molecular formula is C19H27ClFN3O. The van der Waals surface area contributed by atoms with Crippen LogP contribution in [0.4, 0.5) is 10.2 Å². The van der Waals surface area contributed by atoms with Crippen LogP contribution < -0.4 is 4.90 Å². The number of hydrogen-bond donors (Lipinski definition) is 1. The molecule has 1 aromatic heterocycles. The van der Waals surface area contributed by atoms with Crippen molar-refractivity contribution in [1.82, 2.24) is 9.88 Å². The fraction of sp³-hybridized carbons (Fsp3) is 0.737. The molecule has 3 aliphatic rings. The lowest BCUT2D eigenvalue weighted by atomic mass is 9.79. The van der Waals surface area contributed by atoms with E-state index in [0.717, 1.165) is 58.3 Å². The molecule has 1 atom stereocenters. The molecule has 1 spiro atoms. The minimum absolute atomic E-state index is 0.100. The Morgan fingerprint density at radius 2 is 1.96 bits per heavy atom. The number of aliphatic hydroxyl groups excluding tert-OH is 1. The summed E-state index contributed by atoms with van der Waals surface area (Å²) in [7, 11) is 0. The lowest BCUT2D eigenvalue weighted by Gasteiger charge is -2.42. The maximum atomic E-state index is 14.3. The van der Waals surface area contributed by atoms with Crippen LogP contribution in [0.5, 0.6) is 0 Å². The Labute approximate surface area is 154 Å². The van der Waals surface area contributed by atoms with Crippen LogP contribution in [0.3, 0.4) is 0 Å². The van der Waals surface area contributed by atoms with Gasteiger partial charge in [0.25, 0.3) is 0 Å². The molecular weight excluding hydrogens is 341 g/mol. The highest BCUT2D eigenvalue weighted by molar-refractivity contribution is 6.30. The summed E-state index contributed by atoms with van der Waals surface area (Å²) < 4.78 is 14.3. The molecule has 3 fully saturated rings. The Hall–Kier alpha value is -0.910. The fourth-order valence-corrected chi connectivity index (χ4v) is 5.21. The first-order valence-corrected chi connectivity index (χ1v) is 9.91. The standard InChI is InChI=1S/C19H27ClFN3O/c20-14-10-17(21)18(22-11-14)24-8-1-6-19(13-24)7-9-23(12-19)15-2-4-16(25)5-3-15/h10-11,15-16,25H,1-9,12-13H2/t15-,16+,19-/m1/s1. The second kappa shape index (κ2) is 7.01. The number of halogens is 2. The highest BCUT2D eigenvalue weighted by Gasteiger charge is 2.44. The van der Waals surface area contributed by atoms with E-state index in [1.54, 1.807) is 0 Å². The number of anilines is 1. The van der Waals surface area contributed by atoms with Crippen LogP contribution in [0.2, 0.25) is 5.02 Å². The van der Waals surface area contributed by atoms with Crippen LogP contribution in [0, 0.1) is 11.2 Å². The lowest BCUT2D eigenvalue weighted by molar-refractivity contribution is 0.0770. The van der Waals surface area contributed by atoms with Crippen molar-refractivity contribution in [2.45, 2.75) is 57.1 Å². The van der Waals surface area contributed by atoms with Gasteiger partial charge in [-0.3, -0.25) is 4.90 Å². The van der Waals surface area contributed by atoms with E-state index in [-0.39, 0.29) is 17.3 Å². The molecule has 0 radical (unpaired) electrons. The summed E-state index contributed by atoms with van der Waals surface area (Å²) in [6, 6.07) is 1.97. The molecule has 1 aliphatic carbocycles. The van der Waals surface area contributed by atoms with Crippen LogP contribution in [-0.4, -0.2) is 53.3 Å². The average molecular weight is 368 g/mol. The minimum Gasteiger partial charge on any atom is -0.393 e. The molecule has 1 aromatic rings. The van der Waals surface area contributed by atoms with E-state index in [9.17, 15) is 9.50 Å². The molecule has 2 aliphatic heterocycles. The van der Waals surface area contributed by atoms with Crippen LogP contribution >= 0.6 is 11.6 Å². The van der Waals surface area contributed by atoms with Gasteiger partial charge in [0.15, 0.2) is 11.6 Å². The molecule has 25 heavy (non-hydrogen) atoms. The highest BCUT2D eigenvalue weighted by atomic mass is 35.5. The number of hydrogen-bond acceptors (Lipinski definition) is 4. The van der Waals surface area contributed by atoms with Crippen LogP contribution in [-0.2, 0) is 0 Å². The number of aliphatic hydroxyl groups is 1. The zero-order chi connectivity index (χ0) is 17.4. The number of aromatic nitrogens is 1. The van der Waals surface area contributed by atoms with E-state index >= 15 is 0 Å². The topological polar surface area (TPSA) is 39.6 Å². The number of pyridine rings is 1. The van der Waals surface area contributed by atoms with Gasteiger partial charge < -0.3 is 10.0 Å². The Morgan fingerprint density at radius 3 is 2.72 bits per heavy atom. The average Bonchev–Trinajstić information content (AvgIpc) is 2.99. The van der Waals surface area contributed by atoms with Gasteiger partial charge in [0, 0.05) is 37.3 Å². The smallest absolute Gasteiger partial charge is 0.167 e. The number of likely N-dealkylation sites (tertiary alicyclic amines) is 1. The molecule has 0 bridgehead atoms. The van der Waals surface area contributed by atoms with Crippen molar-refractivity contribution >= 4 is 17.4 Å². The maximum absolute atomic E-state index is 14.3. The monoisotopic (exact) mass is 367 g/mol. The Morgan fingerprint density at radius 1 is 1.16 bits per heavy atom. The van der Waals surface area contributed by atoms with E-state index in [4.69, 9.17) is 11.6 Å². The molecule has 4 nitrogen and oxygen atoms in total. The third-order valence-corrected chi connectivity index (χ3v) is 6.61. The predicted molar refractivity (Wildman–Crippen MR) is 97.5 cm³/mol. The summed E-state index contributed by atoms with van der Waals surface area (Å²) in [6.07, 6.45) is 8.99. The van der Waals surface area contributed by atoms with E-state index in [2.05, 4.69) is 14.8 Å². The summed E-state index contributed by atoms with van der Waals surface area (Å²) >= 11 is 5.85. The van der Waals surface area contributed by atoms with Crippen LogP contribution in [0.25, 0.3) is 0 Å². The van der Waals surface area contributed by atoms with Gasteiger partial charge >= 0.3 is 0 Å². The number of rotatable bonds is 2. The van der Waals surface area contributed by atoms with Crippen molar-refractivity contribution in [3.63, 3.8) is 0 Å². The Kier molecular flexibility index (Phi) is 4.91. The first-order valence-electron chi connectivity index (χ1n) is 9.53. The third kappa shape index (κ3) is 3.64. The second-order valence-corrected chi connectivity index (χ2v) is 8.60. The molecule has 0 aromatic carbocycles. The van der Waals surface area contributed by atoms with Gasteiger partial charge in [-0.05, 0) is 57.6 Å². The molecule has 1 saturated carbocycles. The largest absolute Gasteiger partial charge is 0.393 e. The summed E-state index contributed by atoms with van der Waals surface area (Å²) in [6.45, 7) is 3.97. The zero-order valence-corrected chi connectivity index (χ0v) is 15.4. The zero-order valence-electron chi connectivity index (χ0n) is 14.6. The lowest BCUT2D eigenvalue weighted by Crippen LogP contribution is -2.47. The SMILES string of the molecule is O[C@H]1CC[C@@H](N2CC[C@]3(CCCN(c4ncc(Cl)cc4F)C3)C2)CC1. The van der Waals surface area contributed by atoms with E-state index in [1.807, 2.05) is 0 Å². The van der Waals surface area contributed by atoms with Crippen LogP contribution in [0.15, 0.2) is 12.3 Å². The first kappa shape index (κ1) is 17.5. The van der Waals surface area contributed by atoms with Gasteiger partial charge in [-0.25, -0.2) is 9.37 Å². The van der Waals surface area contributed by atoms with Crippen molar-refractivity contribution in [2.24, 2.45) is 5.41 Å². The molecule has 3 heterocycles. The van der Waals surface area contributed by atoms with Gasteiger partial charge in [0.05, 0.1) is 11.1 Å². The molecule has 1 N–H and O–H groups in total. The van der Waals surface area contributed by atoms with Gasteiger partial charge in [0.2, 0.25) is 0 Å². The molecule has 138 valence electrons. The van der Waals surface area contributed by atoms with E-state index in [1.165, 1.54) is 25.1 Å². The van der Waals surface area contributed by atoms with Crippen LogP contribution in [0.1, 0.15) is 44.9 Å². The van der Waals surface area contributed by atoms with Crippen molar-refractivity contribution < 1.29 is 9.50 Å². The third-order valence-electron chi connectivity index (χ3n) is 6.40. The van der Waals surface area contributed by atoms with Gasteiger partial charge in [-0.15, -0.1) is 0 Å². The molecule has 6 heteroatoms. The van der Waals surface area contributed by atoms with E-state index in [0.29, 0.717) is 16.9 Å². The first-order chi connectivity index (χ1) is 12.0. The highest BCUT2D eigenvalue weighted by Crippen LogP contribution is 2.42. The second-order valence-electron chi connectivity index (χ2n) is 8.17. The summed E-state index contributed by atoms with van der Waals surface area (Å²) in [5, 5.41) is 10.1. The molecule has 0 amide bonds.